The first-order valence-corrected chi connectivity index (χ1v) is 7.10. The topological polar surface area (TPSA) is 51.2 Å². The highest BCUT2D eigenvalue weighted by molar-refractivity contribution is 5.75. The van der Waals surface area contributed by atoms with Gasteiger partial charge in [0.1, 0.15) is 12.4 Å². The Morgan fingerprint density at radius 1 is 1.29 bits per heavy atom. The predicted octanol–water partition coefficient (Wildman–Crippen LogP) is 3.25. The molecule has 2 rings (SSSR count). The first kappa shape index (κ1) is 15.0. The molecular formula is C17H20N2O2. The molecule has 1 heterocycles. The average molecular weight is 284 g/mol. The van der Waals surface area contributed by atoms with E-state index in [9.17, 15) is 4.79 Å². The fourth-order valence-electron chi connectivity index (χ4n) is 1.93. The van der Waals surface area contributed by atoms with Crippen LogP contribution in [0.5, 0.6) is 5.75 Å². The Balaban J connectivity index is 1.91. The molecule has 0 aliphatic rings. The third-order valence-electron chi connectivity index (χ3n) is 3.21. The third-order valence-corrected chi connectivity index (χ3v) is 3.21. The van der Waals surface area contributed by atoms with E-state index in [0.29, 0.717) is 13.0 Å². The van der Waals surface area contributed by atoms with Gasteiger partial charge in [-0.15, -0.1) is 0 Å². The lowest BCUT2D eigenvalue weighted by Crippen LogP contribution is -2.25. The third kappa shape index (κ3) is 4.60. The van der Waals surface area contributed by atoms with Crippen LogP contribution in [0.15, 0.2) is 48.8 Å². The van der Waals surface area contributed by atoms with Crippen molar-refractivity contribution in [3.8, 4) is 5.75 Å². The number of aromatic nitrogens is 1. The number of carbonyl (C=O) groups is 1. The van der Waals surface area contributed by atoms with Crippen LogP contribution < -0.4 is 10.1 Å². The van der Waals surface area contributed by atoms with E-state index in [1.807, 2.05) is 50.2 Å². The van der Waals surface area contributed by atoms with Gasteiger partial charge in [-0.1, -0.05) is 25.1 Å². The number of amides is 1. The van der Waals surface area contributed by atoms with Gasteiger partial charge in [-0.3, -0.25) is 9.78 Å². The Labute approximate surface area is 125 Å². The summed E-state index contributed by atoms with van der Waals surface area (Å²) >= 11 is 0. The Hall–Kier alpha value is -2.36. The van der Waals surface area contributed by atoms with Crippen LogP contribution >= 0.6 is 0 Å². The van der Waals surface area contributed by atoms with Crippen molar-refractivity contribution in [2.24, 2.45) is 0 Å². The largest absolute Gasteiger partial charge is 0.489 e. The van der Waals surface area contributed by atoms with Crippen molar-refractivity contribution in [2.45, 2.75) is 32.9 Å². The second-order valence-electron chi connectivity index (χ2n) is 4.86. The zero-order valence-electron chi connectivity index (χ0n) is 12.4. The maximum absolute atomic E-state index is 11.4. The van der Waals surface area contributed by atoms with E-state index in [1.165, 1.54) is 0 Å². The van der Waals surface area contributed by atoms with Crippen molar-refractivity contribution in [1.82, 2.24) is 10.3 Å². The highest BCUT2D eigenvalue weighted by Crippen LogP contribution is 2.18. The summed E-state index contributed by atoms with van der Waals surface area (Å²) in [6, 6.07) is 11.6. The second-order valence-corrected chi connectivity index (χ2v) is 4.86. The normalized spacial score (nSPS) is 11.7. The molecule has 1 unspecified atom stereocenters. The number of hydrogen-bond acceptors (Lipinski definition) is 3. The monoisotopic (exact) mass is 284 g/mol. The molecule has 0 saturated carbocycles. The summed E-state index contributed by atoms with van der Waals surface area (Å²) in [7, 11) is 0. The number of nitrogens with one attached hydrogen (secondary N) is 1. The molecule has 0 saturated heterocycles. The van der Waals surface area contributed by atoms with Crippen molar-refractivity contribution in [3.63, 3.8) is 0 Å². The quantitative estimate of drug-likeness (QED) is 0.886. The molecular weight excluding hydrogens is 264 g/mol. The molecule has 1 aromatic carbocycles. The zero-order valence-corrected chi connectivity index (χ0v) is 12.4. The Morgan fingerprint density at radius 3 is 2.67 bits per heavy atom. The van der Waals surface area contributed by atoms with E-state index in [4.69, 9.17) is 4.74 Å². The molecule has 1 amide bonds. The molecule has 110 valence electrons. The summed E-state index contributed by atoms with van der Waals surface area (Å²) in [6.45, 7) is 4.31. The number of pyridine rings is 1. The summed E-state index contributed by atoms with van der Waals surface area (Å²) in [5, 5.41) is 2.94. The Morgan fingerprint density at radius 2 is 2.05 bits per heavy atom. The van der Waals surface area contributed by atoms with Crippen LogP contribution in [-0.4, -0.2) is 10.9 Å². The van der Waals surface area contributed by atoms with E-state index in [2.05, 4.69) is 10.3 Å². The van der Waals surface area contributed by atoms with Crippen LogP contribution in [0.3, 0.4) is 0 Å². The van der Waals surface area contributed by atoms with Crippen LogP contribution in [0.25, 0.3) is 0 Å². The summed E-state index contributed by atoms with van der Waals surface area (Å²) in [5.74, 6) is 0.857. The van der Waals surface area contributed by atoms with E-state index in [1.54, 1.807) is 12.4 Å². The standard InChI is InChI=1S/C17H20N2O2/c1-3-17(20)19-13(2)15-6-8-16(9-7-15)21-12-14-5-4-10-18-11-14/h4-11,13H,3,12H2,1-2H3,(H,19,20). The molecule has 1 aromatic heterocycles. The number of carbonyl (C=O) groups excluding carboxylic acids is 1. The maximum atomic E-state index is 11.4. The second kappa shape index (κ2) is 7.43. The lowest BCUT2D eigenvalue weighted by atomic mass is 10.1. The van der Waals surface area contributed by atoms with Gasteiger partial charge in [0.2, 0.25) is 5.91 Å². The van der Waals surface area contributed by atoms with Gasteiger partial charge in [-0.2, -0.15) is 0 Å². The molecule has 0 fully saturated rings. The van der Waals surface area contributed by atoms with Gasteiger partial charge in [0.25, 0.3) is 0 Å². The van der Waals surface area contributed by atoms with E-state index < -0.39 is 0 Å². The van der Waals surface area contributed by atoms with Crippen molar-refractivity contribution in [1.29, 1.82) is 0 Å². The molecule has 0 bridgehead atoms. The molecule has 0 aliphatic carbocycles. The summed E-state index contributed by atoms with van der Waals surface area (Å²) < 4.78 is 5.70. The van der Waals surface area contributed by atoms with Crippen LogP contribution in [0, 0.1) is 0 Å². The minimum absolute atomic E-state index is 0.00447. The Kier molecular flexibility index (Phi) is 5.32. The van der Waals surface area contributed by atoms with Gasteiger partial charge in [0, 0.05) is 24.4 Å². The van der Waals surface area contributed by atoms with E-state index >= 15 is 0 Å². The summed E-state index contributed by atoms with van der Waals surface area (Å²) in [6.07, 6.45) is 4.03. The summed E-state index contributed by atoms with van der Waals surface area (Å²) in [4.78, 5) is 15.4. The van der Waals surface area contributed by atoms with Crippen molar-refractivity contribution < 1.29 is 9.53 Å². The number of benzene rings is 1. The highest BCUT2D eigenvalue weighted by Gasteiger charge is 2.08. The molecule has 21 heavy (non-hydrogen) atoms. The van der Waals surface area contributed by atoms with Gasteiger partial charge in [0.05, 0.1) is 6.04 Å². The molecule has 2 aromatic rings. The molecule has 0 spiro atoms. The van der Waals surface area contributed by atoms with Gasteiger partial charge < -0.3 is 10.1 Å². The SMILES string of the molecule is CCC(=O)NC(C)c1ccc(OCc2cccnc2)cc1. The van der Waals surface area contributed by atoms with Crippen LogP contribution in [0.2, 0.25) is 0 Å². The Bertz CT molecular complexity index is 567. The smallest absolute Gasteiger partial charge is 0.220 e. The van der Waals surface area contributed by atoms with Crippen LogP contribution in [0.4, 0.5) is 0 Å². The molecule has 0 radical (unpaired) electrons. The van der Waals surface area contributed by atoms with Crippen LogP contribution in [0.1, 0.15) is 37.4 Å². The number of nitrogens with zero attached hydrogens (tertiary/aromatic N) is 1. The molecule has 1 N–H and O–H groups in total. The molecule has 4 heteroatoms. The predicted molar refractivity (Wildman–Crippen MR) is 81.9 cm³/mol. The van der Waals surface area contributed by atoms with Gasteiger partial charge in [0.15, 0.2) is 0 Å². The number of rotatable bonds is 6. The van der Waals surface area contributed by atoms with Crippen molar-refractivity contribution in [3.05, 3.63) is 59.9 Å². The van der Waals surface area contributed by atoms with Crippen molar-refractivity contribution >= 4 is 5.91 Å². The fraction of sp³-hybridized carbons (Fsp3) is 0.294. The van der Waals surface area contributed by atoms with Gasteiger partial charge >= 0.3 is 0 Å². The van der Waals surface area contributed by atoms with Gasteiger partial charge in [-0.05, 0) is 30.7 Å². The highest BCUT2D eigenvalue weighted by atomic mass is 16.5. The lowest BCUT2D eigenvalue weighted by molar-refractivity contribution is -0.121. The fourth-order valence-corrected chi connectivity index (χ4v) is 1.93. The van der Waals surface area contributed by atoms with Crippen molar-refractivity contribution in [2.75, 3.05) is 0 Å². The maximum Gasteiger partial charge on any atom is 0.220 e. The van der Waals surface area contributed by atoms with E-state index in [-0.39, 0.29) is 11.9 Å². The van der Waals surface area contributed by atoms with Gasteiger partial charge in [-0.25, -0.2) is 0 Å². The van der Waals surface area contributed by atoms with E-state index in [0.717, 1.165) is 16.9 Å². The zero-order chi connectivity index (χ0) is 15.1. The van der Waals surface area contributed by atoms with Crippen LogP contribution in [-0.2, 0) is 11.4 Å². The lowest BCUT2D eigenvalue weighted by Gasteiger charge is -2.14. The molecule has 0 aliphatic heterocycles. The number of ether oxygens (including phenoxy) is 1. The number of hydrogen-bond donors (Lipinski definition) is 1. The first-order valence-electron chi connectivity index (χ1n) is 7.10. The minimum Gasteiger partial charge on any atom is -0.489 e. The average Bonchev–Trinajstić information content (AvgIpc) is 2.54. The summed E-state index contributed by atoms with van der Waals surface area (Å²) in [5.41, 5.74) is 2.09. The first-order chi connectivity index (χ1) is 10.2. The molecule has 4 nitrogen and oxygen atoms in total. The molecule has 1 atom stereocenters. The minimum atomic E-state index is 0.00447.